The van der Waals surface area contributed by atoms with Gasteiger partial charge in [-0.1, -0.05) is 0 Å². The minimum Gasteiger partial charge on any atom is -0.373 e. The Morgan fingerprint density at radius 3 is 2.10 bits per heavy atom. The number of ether oxygens (including phenoxy) is 1. The van der Waals surface area contributed by atoms with Crippen molar-refractivity contribution in [3.63, 3.8) is 0 Å². The van der Waals surface area contributed by atoms with E-state index in [1.54, 1.807) is 0 Å². The molecule has 0 radical (unpaired) electrons. The molecule has 0 aromatic heterocycles. The largest absolute Gasteiger partial charge is 0.373 e. The molecular weight excluding hydrogens is 126 g/mol. The Bertz CT molecular complexity index is 111. The van der Waals surface area contributed by atoms with Crippen molar-refractivity contribution in [3.8, 4) is 0 Å². The first-order valence-electron chi connectivity index (χ1n) is 3.91. The highest BCUT2D eigenvalue weighted by atomic mass is 16.5. The number of nitrogens with two attached hydrogens (primary N) is 1. The second kappa shape index (κ2) is 2.51. The van der Waals surface area contributed by atoms with E-state index in [4.69, 9.17) is 10.5 Å². The lowest BCUT2D eigenvalue weighted by Gasteiger charge is -2.37. The van der Waals surface area contributed by atoms with Gasteiger partial charge in [0.15, 0.2) is 0 Å². The van der Waals surface area contributed by atoms with Gasteiger partial charge in [0.2, 0.25) is 0 Å². The minimum atomic E-state index is 0.00477. The fraction of sp³-hybridized carbons (Fsp3) is 1.00. The first kappa shape index (κ1) is 8.02. The Labute approximate surface area is 62.7 Å². The number of rotatable bonds is 1. The van der Waals surface area contributed by atoms with Crippen molar-refractivity contribution < 1.29 is 4.74 Å². The van der Waals surface area contributed by atoms with Crippen LogP contribution >= 0.6 is 0 Å². The number of hydrogen-bond donors (Lipinski definition) is 1. The van der Waals surface area contributed by atoms with Gasteiger partial charge < -0.3 is 10.5 Å². The quantitative estimate of drug-likeness (QED) is 0.600. The van der Waals surface area contributed by atoms with Gasteiger partial charge in [0, 0.05) is 6.04 Å². The Morgan fingerprint density at radius 1 is 1.30 bits per heavy atom. The molecule has 0 spiro atoms. The molecule has 2 N–H and O–H groups in total. The second-order valence-electron chi connectivity index (χ2n) is 4.08. The predicted molar refractivity (Wildman–Crippen MR) is 41.8 cm³/mol. The zero-order valence-electron chi connectivity index (χ0n) is 7.05. The van der Waals surface area contributed by atoms with Gasteiger partial charge in [-0.15, -0.1) is 0 Å². The van der Waals surface area contributed by atoms with Gasteiger partial charge in [0.25, 0.3) is 0 Å². The van der Waals surface area contributed by atoms with Gasteiger partial charge >= 0.3 is 0 Å². The van der Waals surface area contributed by atoms with Crippen molar-refractivity contribution in [1.29, 1.82) is 0 Å². The molecule has 0 atom stereocenters. The van der Waals surface area contributed by atoms with E-state index in [0.29, 0.717) is 12.1 Å². The van der Waals surface area contributed by atoms with Crippen LogP contribution in [0, 0.1) is 0 Å². The normalized spacial score (nSPS) is 33.6. The fourth-order valence-corrected chi connectivity index (χ4v) is 1.20. The highest BCUT2D eigenvalue weighted by molar-refractivity contribution is 4.84. The van der Waals surface area contributed by atoms with Crippen LogP contribution in [-0.4, -0.2) is 17.7 Å². The summed E-state index contributed by atoms with van der Waals surface area (Å²) in [7, 11) is 0. The third kappa shape index (κ3) is 2.27. The van der Waals surface area contributed by atoms with Crippen LogP contribution in [0.2, 0.25) is 0 Å². The van der Waals surface area contributed by atoms with Crippen molar-refractivity contribution in [2.24, 2.45) is 5.73 Å². The fourth-order valence-electron chi connectivity index (χ4n) is 1.20. The van der Waals surface area contributed by atoms with E-state index in [-0.39, 0.29) is 5.60 Å². The lowest BCUT2D eigenvalue weighted by atomic mass is 9.89. The highest BCUT2D eigenvalue weighted by Gasteiger charge is 2.29. The molecule has 1 saturated carbocycles. The zero-order valence-corrected chi connectivity index (χ0v) is 7.05. The predicted octanol–water partition coefficient (Wildman–Crippen LogP) is 1.29. The van der Waals surface area contributed by atoms with Gasteiger partial charge in [-0.05, 0) is 33.6 Å². The third-order valence-electron chi connectivity index (χ3n) is 1.65. The summed E-state index contributed by atoms with van der Waals surface area (Å²) in [5, 5.41) is 0. The molecule has 0 saturated heterocycles. The van der Waals surface area contributed by atoms with Gasteiger partial charge in [-0.2, -0.15) is 0 Å². The molecule has 0 unspecified atom stereocenters. The van der Waals surface area contributed by atoms with Crippen LogP contribution < -0.4 is 5.73 Å². The van der Waals surface area contributed by atoms with Crippen molar-refractivity contribution >= 4 is 0 Å². The standard InChI is InChI=1S/C8H17NO/c1-8(2,3)10-7-4-6(9)5-7/h6-7H,4-5,9H2,1-3H3. The lowest BCUT2D eigenvalue weighted by molar-refractivity contribution is -0.0976. The van der Waals surface area contributed by atoms with Gasteiger partial charge in [0.05, 0.1) is 11.7 Å². The van der Waals surface area contributed by atoms with Crippen molar-refractivity contribution in [2.45, 2.75) is 51.4 Å². The second-order valence-corrected chi connectivity index (χ2v) is 4.08. The smallest absolute Gasteiger partial charge is 0.0611 e. The maximum Gasteiger partial charge on any atom is 0.0611 e. The van der Waals surface area contributed by atoms with Gasteiger partial charge in [-0.3, -0.25) is 0 Å². The molecule has 2 heteroatoms. The van der Waals surface area contributed by atoms with Crippen molar-refractivity contribution in [2.75, 3.05) is 0 Å². The van der Waals surface area contributed by atoms with Gasteiger partial charge in [0.1, 0.15) is 0 Å². The van der Waals surface area contributed by atoms with Crippen LogP contribution in [0.4, 0.5) is 0 Å². The van der Waals surface area contributed by atoms with Crippen LogP contribution in [0.3, 0.4) is 0 Å². The molecule has 0 aromatic carbocycles. The summed E-state index contributed by atoms with van der Waals surface area (Å²) in [6.45, 7) is 6.24. The van der Waals surface area contributed by atoms with E-state index >= 15 is 0 Å². The SMILES string of the molecule is CC(C)(C)OC1CC(N)C1. The van der Waals surface area contributed by atoms with E-state index in [1.165, 1.54) is 0 Å². The Kier molecular flexibility index (Phi) is 2.02. The molecule has 1 aliphatic rings. The molecule has 1 rings (SSSR count). The van der Waals surface area contributed by atoms with E-state index in [2.05, 4.69) is 20.8 Å². The summed E-state index contributed by atoms with van der Waals surface area (Å²) in [5.41, 5.74) is 5.61. The highest BCUT2D eigenvalue weighted by Crippen LogP contribution is 2.25. The first-order chi connectivity index (χ1) is 4.47. The molecule has 0 amide bonds. The molecule has 0 heterocycles. The Balaban J connectivity index is 2.16. The summed E-state index contributed by atoms with van der Waals surface area (Å²) >= 11 is 0. The average Bonchev–Trinajstić information content (AvgIpc) is 1.57. The van der Waals surface area contributed by atoms with E-state index in [0.717, 1.165) is 12.8 Å². The lowest BCUT2D eigenvalue weighted by Crippen LogP contribution is -2.44. The molecule has 0 aliphatic heterocycles. The Hall–Kier alpha value is -0.0800. The van der Waals surface area contributed by atoms with Crippen LogP contribution in [0.5, 0.6) is 0 Å². The van der Waals surface area contributed by atoms with Crippen LogP contribution in [0.25, 0.3) is 0 Å². The van der Waals surface area contributed by atoms with Crippen LogP contribution in [0.1, 0.15) is 33.6 Å². The Morgan fingerprint density at radius 2 is 1.80 bits per heavy atom. The molecule has 60 valence electrons. The first-order valence-corrected chi connectivity index (χ1v) is 3.91. The molecule has 0 aromatic rings. The van der Waals surface area contributed by atoms with Crippen LogP contribution in [-0.2, 0) is 4.74 Å². The topological polar surface area (TPSA) is 35.2 Å². The summed E-state index contributed by atoms with van der Waals surface area (Å²) < 4.78 is 5.66. The molecule has 0 bridgehead atoms. The average molecular weight is 143 g/mol. The monoisotopic (exact) mass is 143 g/mol. The maximum absolute atomic E-state index is 5.66. The summed E-state index contributed by atoms with van der Waals surface area (Å²) in [6, 6.07) is 0.396. The molecular formula is C8H17NO. The van der Waals surface area contributed by atoms with E-state index in [1.807, 2.05) is 0 Å². The summed E-state index contributed by atoms with van der Waals surface area (Å²) in [5.74, 6) is 0. The van der Waals surface area contributed by atoms with E-state index < -0.39 is 0 Å². The van der Waals surface area contributed by atoms with Crippen molar-refractivity contribution in [3.05, 3.63) is 0 Å². The minimum absolute atomic E-state index is 0.00477. The van der Waals surface area contributed by atoms with E-state index in [9.17, 15) is 0 Å². The molecule has 1 fully saturated rings. The summed E-state index contributed by atoms with van der Waals surface area (Å²) in [6.07, 6.45) is 2.50. The molecule has 2 nitrogen and oxygen atoms in total. The molecule has 10 heavy (non-hydrogen) atoms. The zero-order chi connectivity index (χ0) is 7.78. The van der Waals surface area contributed by atoms with Crippen molar-refractivity contribution in [1.82, 2.24) is 0 Å². The molecule has 1 aliphatic carbocycles. The third-order valence-corrected chi connectivity index (χ3v) is 1.65. The summed E-state index contributed by atoms with van der Waals surface area (Å²) in [4.78, 5) is 0. The van der Waals surface area contributed by atoms with Crippen LogP contribution in [0.15, 0.2) is 0 Å². The maximum atomic E-state index is 5.66. The van der Waals surface area contributed by atoms with Gasteiger partial charge in [-0.25, -0.2) is 0 Å². The number of hydrogen-bond acceptors (Lipinski definition) is 2.